The van der Waals surface area contributed by atoms with Gasteiger partial charge in [-0.15, -0.1) is 11.3 Å². The fourth-order valence-corrected chi connectivity index (χ4v) is 2.49. The molecule has 1 aromatic rings. The van der Waals surface area contributed by atoms with Crippen molar-refractivity contribution in [2.24, 2.45) is 0 Å². The van der Waals surface area contributed by atoms with Crippen molar-refractivity contribution >= 4 is 40.5 Å². The van der Waals surface area contributed by atoms with Gasteiger partial charge in [-0.2, -0.15) is 11.8 Å². The van der Waals surface area contributed by atoms with Crippen LogP contribution >= 0.6 is 34.7 Å². The second kappa shape index (κ2) is 5.03. The standard InChI is InChI=1S/C9H11ClOS2/c1-6(2)12-5-7(11)8-3-4-9(10)13-8/h3-4,6H,5H2,1-2H3. The van der Waals surface area contributed by atoms with Crippen LogP contribution in [-0.4, -0.2) is 16.8 Å². The first kappa shape index (κ1) is 11.1. The van der Waals surface area contributed by atoms with Gasteiger partial charge in [0.1, 0.15) is 0 Å². The molecule has 0 bridgehead atoms. The number of carbonyl (C=O) groups excluding carboxylic acids is 1. The van der Waals surface area contributed by atoms with E-state index in [1.807, 2.05) is 0 Å². The van der Waals surface area contributed by atoms with Gasteiger partial charge in [0.05, 0.1) is 15.0 Å². The number of rotatable bonds is 4. The van der Waals surface area contributed by atoms with E-state index in [0.717, 1.165) is 4.88 Å². The first-order chi connectivity index (χ1) is 6.09. The van der Waals surface area contributed by atoms with Crippen molar-refractivity contribution in [3.05, 3.63) is 21.3 Å². The minimum atomic E-state index is 0.176. The second-order valence-electron chi connectivity index (χ2n) is 2.89. The van der Waals surface area contributed by atoms with Crippen molar-refractivity contribution in [2.75, 3.05) is 5.75 Å². The molecule has 0 aromatic carbocycles. The molecule has 0 aliphatic carbocycles. The maximum Gasteiger partial charge on any atom is 0.182 e. The Bertz CT molecular complexity index is 294. The second-order valence-corrected chi connectivity index (χ2v) is 6.17. The van der Waals surface area contributed by atoms with Crippen molar-refractivity contribution in [1.29, 1.82) is 0 Å². The SMILES string of the molecule is CC(C)SCC(=O)c1ccc(Cl)s1. The summed E-state index contributed by atoms with van der Waals surface area (Å²) >= 11 is 8.73. The number of hydrogen-bond acceptors (Lipinski definition) is 3. The van der Waals surface area contributed by atoms with E-state index >= 15 is 0 Å². The van der Waals surface area contributed by atoms with Gasteiger partial charge in [-0.25, -0.2) is 0 Å². The van der Waals surface area contributed by atoms with Gasteiger partial charge < -0.3 is 0 Å². The van der Waals surface area contributed by atoms with Crippen LogP contribution in [0.5, 0.6) is 0 Å². The molecule has 0 saturated carbocycles. The van der Waals surface area contributed by atoms with Crippen LogP contribution in [0, 0.1) is 0 Å². The van der Waals surface area contributed by atoms with Crippen molar-refractivity contribution in [3.63, 3.8) is 0 Å². The largest absolute Gasteiger partial charge is 0.292 e. The summed E-state index contributed by atoms with van der Waals surface area (Å²) < 4.78 is 0.679. The molecule has 0 atom stereocenters. The van der Waals surface area contributed by atoms with Crippen molar-refractivity contribution in [1.82, 2.24) is 0 Å². The van der Waals surface area contributed by atoms with E-state index in [0.29, 0.717) is 15.3 Å². The average molecular weight is 235 g/mol. The van der Waals surface area contributed by atoms with Crippen LogP contribution in [-0.2, 0) is 0 Å². The number of halogens is 1. The molecule has 1 rings (SSSR count). The third-order valence-electron chi connectivity index (χ3n) is 1.40. The summed E-state index contributed by atoms with van der Waals surface area (Å²) in [4.78, 5) is 12.3. The van der Waals surface area contributed by atoms with Crippen LogP contribution in [0.3, 0.4) is 0 Å². The lowest BCUT2D eigenvalue weighted by atomic mass is 10.4. The molecule has 0 spiro atoms. The van der Waals surface area contributed by atoms with Crippen LogP contribution in [0.25, 0.3) is 0 Å². The Hall–Kier alpha value is 0.01000. The van der Waals surface area contributed by atoms with E-state index in [-0.39, 0.29) is 5.78 Å². The predicted molar refractivity (Wildman–Crippen MR) is 61.3 cm³/mol. The Morgan fingerprint density at radius 2 is 2.31 bits per heavy atom. The molecule has 0 unspecified atom stereocenters. The molecule has 1 nitrogen and oxygen atoms in total. The Morgan fingerprint density at radius 3 is 2.77 bits per heavy atom. The van der Waals surface area contributed by atoms with Gasteiger partial charge in [0.15, 0.2) is 5.78 Å². The highest BCUT2D eigenvalue weighted by atomic mass is 35.5. The Morgan fingerprint density at radius 1 is 1.62 bits per heavy atom. The highest BCUT2D eigenvalue weighted by Gasteiger charge is 2.09. The summed E-state index contributed by atoms with van der Waals surface area (Å²) in [5, 5.41) is 0.499. The number of Topliss-reactive ketones (excluding diaryl/α,β-unsaturated/α-hetero) is 1. The van der Waals surface area contributed by atoms with Crippen LogP contribution < -0.4 is 0 Å². The van der Waals surface area contributed by atoms with Gasteiger partial charge >= 0.3 is 0 Å². The summed E-state index contributed by atoms with van der Waals surface area (Å²) in [5.41, 5.74) is 0. The van der Waals surface area contributed by atoms with Crippen molar-refractivity contribution < 1.29 is 4.79 Å². The van der Waals surface area contributed by atoms with Gasteiger partial charge in [0.2, 0.25) is 0 Å². The molecule has 0 radical (unpaired) electrons. The zero-order valence-electron chi connectivity index (χ0n) is 7.54. The predicted octanol–water partition coefficient (Wildman–Crippen LogP) is 3.73. The van der Waals surface area contributed by atoms with E-state index in [4.69, 9.17) is 11.6 Å². The lowest BCUT2D eigenvalue weighted by molar-refractivity contribution is 0.102. The topological polar surface area (TPSA) is 17.1 Å². The van der Waals surface area contributed by atoms with E-state index in [9.17, 15) is 4.79 Å². The molecule has 0 aliphatic heterocycles. The maximum absolute atomic E-state index is 11.5. The van der Waals surface area contributed by atoms with Gasteiger partial charge in [-0.05, 0) is 17.4 Å². The third kappa shape index (κ3) is 3.71. The Labute approximate surface area is 91.5 Å². The smallest absolute Gasteiger partial charge is 0.182 e. The minimum absolute atomic E-state index is 0.176. The first-order valence-electron chi connectivity index (χ1n) is 3.99. The average Bonchev–Trinajstić information content (AvgIpc) is 2.47. The molecule has 0 N–H and O–H groups in total. The first-order valence-corrected chi connectivity index (χ1v) is 6.24. The minimum Gasteiger partial charge on any atom is -0.292 e. The van der Waals surface area contributed by atoms with E-state index in [1.165, 1.54) is 11.3 Å². The molecule has 0 amide bonds. The van der Waals surface area contributed by atoms with Crippen LogP contribution in [0.15, 0.2) is 12.1 Å². The summed E-state index contributed by atoms with van der Waals surface area (Å²) in [6.07, 6.45) is 0. The maximum atomic E-state index is 11.5. The van der Waals surface area contributed by atoms with E-state index in [2.05, 4.69) is 13.8 Å². The van der Waals surface area contributed by atoms with Crippen LogP contribution in [0.4, 0.5) is 0 Å². The zero-order chi connectivity index (χ0) is 9.84. The Balaban J connectivity index is 2.49. The van der Waals surface area contributed by atoms with Crippen LogP contribution in [0.1, 0.15) is 23.5 Å². The zero-order valence-corrected chi connectivity index (χ0v) is 9.93. The molecule has 0 saturated heterocycles. The Kier molecular flexibility index (Phi) is 4.29. The normalized spacial score (nSPS) is 10.8. The van der Waals surface area contributed by atoms with Gasteiger partial charge in [-0.3, -0.25) is 4.79 Å². The number of carbonyl (C=O) groups is 1. The third-order valence-corrected chi connectivity index (χ3v) is 3.76. The van der Waals surface area contributed by atoms with Gasteiger partial charge in [0.25, 0.3) is 0 Å². The molecule has 1 heterocycles. The fourth-order valence-electron chi connectivity index (χ4n) is 0.778. The quantitative estimate of drug-likeness (QED) is 0.739. The van der Waals surface area contributed by atoms with Crippen molar-refractivity contribution in [2.45, 2.75) is 19.1 Å². The number of thioether (sulfide) groups is 1. The molecular weight excluding hydrogens is 224 g/mol. The van der Waals surface area contributed by atoms with E-state index < -0.39 is 0 Å². The highest BCUT2D eigenvalue weighted by Crippen LogP contribution is 2.23. The van der Waals surface area contributed by atoms with E-state index in [1.54, 1.807) is 23.9 Å². The molecular formula is C9H11ClOS2. The lowest BCUT2D eigenvalue weighted by Gasteiger charge is -2.01. The fraction of sp³-hybridized carbons (Fsp3) is 0.444. The number of thiophene rings is 1. The lowest BCUT2D eigenvalue weighted by Crippen LogP contribution is -2.02. The summed E-state index contributed by atoms with van der Waals surface area (Å²) in [6, 6.07) is 3.55. The summed E-state index contributed by atoms with van der Waals surface area (Å²) in [5.74, 6) is 0.727. The monoisotopic (exact) mass is 234 g/mol. The number of ketones is 1. The molecule has 0 aliphatic rings. The molecule has 4 heteroatoms. The van der Waals surface area contributed by atoms with Gasteiger partial charge in [0, 0.05) is 0 Å². The summed E-state index contributed by atoms with van der Waals surface area (Å²) in [6.45, 7) is 4.17. The molecule has 1 aromatic heterocycles. The molecule has 0 fully saturated rings. The molecule has 72 valence electrons. The number of hydrogen-bond donors (Lipinski definition) is 0. The highest BCUT2D eigenvalue weighted by molar-refractivity contribution is 8.00. The summed E-state index contributed by atoms with van der Waals surface area (Å²) in [7, 11) is 0. The molecule has 13 heavy (non-hydrogen) atoms. The van der Waals surface area contributed by atoms with Crippen LogP contribution in [0.2, 0.25) is 4.34 Å². The van der Waals surface area contributed by atoms with Crippen molar-refractivity contribution in [3.8, 4) is 0 Å². The van der Waals surface area contributed by atoms with Gasteiger partial charge in [-0.1, -0.05) is 25.4 Å².